The van der Waals surface area contributed by atoms with Gasteiger partial charge in [-0.25, -0.2) is 4.79 Å². The first-order valence-electron chi connectivity index (χ1n) is 5.44. The van der Waals surface area contributed by atoms with Crippen LogP contribution in [0.15, 0.2) is 0 Å². The van der Waals surface area contributed by atoms with Crippen LogP contribution in [-0.4, -0.2) is 45.6 Å². The predicted molar refractivity (Wildman–Crippen MR) is 63.1 cm³/mol. The Morgan fingerprint density at radius 3 is 2.88 bits per heavy atom. The highest BCUT2D eigenvalue weighted by atomic mass is 32.2. The number of rotatable bonds is 5. The van der Waals surface area contributed by atoms with E-state index in [0.29, 0.717) is 18.1 Å². The van der Waals surface area contributed by atoms with Crippen molar-refractivity contribution in [2.24, 2.45) is 5.73 Å². The van der Waals surface area contributed by atoms with Gasteiger partial charge in [-0.2, -0.15) is 0 Å². The standard InChI is InChI=1S/C10H18N2O3S/c1-2-3-4-7(11)9(13)12-6-16-5-8(12)10(14)15/h7-8H,2-6,11H2,1H3,(H,14,15)/t7?,8-/m0/s1. The topological polar surface area (TPSA) is 83.6 Å². The average molecular weight is 246 g/mol. The highest BCUT2D eigenvalue weighted by Crippen LogP contribution is 2.22. The fourth-order valence-corrected chi connectivity index (χ4v) is 2.78. The number of hydrogen-bond donors (Lipinski definition) is 2. The summed E-state index contributed by atoms with van der Waals surface area (Å²) in [5.41, 5.74) is 5.75. The van der Waals surface area contributed by atoms with E-state index in [0.717, 1.165) is 12.8 Å². The molecule has 1 saturated heterocycles. The molecule has 1 heterocycles. The van der Waals surface area contributed by atoms with Crippen molar-refractivity contribution < 1.29 is 14.7 Å². The van der Waals surface area contributed by atoms with Crippen LogP contribution in [0.2, 0.25) is 0 Å². The Kier molecular flexibility index (Phi) is 5.08. The summed E-state index contributed by atoms with van der Waals surface area (Å²) in [4.78, 5) is 24.2. The van der Waals surface area contributed by atoms with Crippen molar-refractivity contribution in [1.29, 1.82) is 0 Å². The Morgan fingerprint density at radius 1 is 1.62 bits per heavy atom. The molecule has 1 aliphatic heterocycles. The Morgan fingerprint density at radius 2 is 2.31 bits per heavy atom. The monoisotopic (exact) mass is 246 g/mol. The van der Waals surface area contributed by atoms with E-state index in [2.05, 4.69) is 0 Å². The summed E-state index contributed by atoms with van der Waals surface area (Å²) >= 11 is 1.46. The van der Waals surface area contributed by atoms with E-state index >= 15 is 0 Å². The Balaban J connectivity index is 2.55. The molecule has 6 heteroatoms. The van der Waals surface area contributed by atoms with Gasteiger partial charge < -0.3 is 15.7 Å². The number of nitrogens with two attached hydrogens (primary N) is 1. The summed E-state index contributed by atoms with van der Waals surface area (Å²) in [6, 6.07) is -1.26. The first-order valence-corrected chi connectivity index (χ1v) is 6.60. The fourth-order valence-electron chi connectivity index (χ4n) is 1.62. The minimum Gasteiger partial charge on any atom is -0.480 e. The first-order chi connectivity index (χ1) is 7.57. The van der Waals surface area contributed by atoms with Crippen LogP contribution in [-0.2, 0) is 9.59 Å². The summed E-state index contributed by atoms with van der Waals surface area (Å²) in [6.45, 7) is 2.03. The summed E-state index contributed by atoms with van der Waals surface area (Å²) < 4.78 is 0. The van der Waals surface area contributed by atoms with E-state index in [-0.39, 0.29) is 5.91 Å². The third kappa shape index (κ3) is 3.12. The zero-order chi connectivity index (χ0) is 12.1. The first kappa shape index (κ1) is 13.3. The Bertz CT molecular complexity index is 273. The smallest absolute Gasteiger partial charge is 0.327 e. The van der Waals surface area contributed by atoms with Crippen LogP contribution in [0, 0.1) is 0 Å². The van der Waals surface area contributed by atoms with Gasteiger partial charge in [0.25, 0.3) is 0 Å². The molecule has 0 aliphatic carbocycles. The molecule has 0 aromatic carbocycles. The zero-order valence-electron chi connectivity index (χ0n) is 9.39. The lowest BCUT2D eigenvalue weighted by molar-refractivity contribution is -0.148. The van der Waals surface area contributed by atoms with Crippen molar-refractivity contribution in [2.45, 2.75) is 38.3 Å². The highest BCUT2D eigenvalue weighted by molar-refractivity contribution is 7.99. The molecule has 0 aromatic rings. The molecule has 2 atom stereocenters. The normalized spacial score (nSPS) is 22.1. The molecule has 5 nitrogen and oxygen atoms in total. The SMILES string of the molecule is CCCCC(N)C(=O)N1CSC[C@H]1C(=O)O. The second kappa shape index (κ2) is 6.10. The van der Waals surface area contributed by atoms with Crippen molar-refractivity contribution >= 4 is 23.6 Å². The van der Waals surface area contributed by atoms with E-state index in [1.807, 2.05) is 6.92 Å². The van der Waals surface area contributed by atoms with Gasteiger partial charge in [0, 0.05) is 5.75 Å². The maximum absolute atomic E-state index is 11.9. The van der Waals surface area contributed by atoms with Gasteiger partial charge in [-0.15, -0.1) is 11.8 Å². The van der Waals surface area contributed by atoms with Gasteiger partial charge in [0.2, 0.25) is 5.91 Å². The molecule has 1 amide bonds. The number of carboxylic acid groups (broad SMARTS) is 1. The molecule has 16 heavy (non-hydrogen) atoms. The molecule has 0 spiro atoms. The number of nitrogens with zero attached hydrogens (tertiary/aromatic N) is 1. The van der Waals surface area contributed by atoms with Gasteiger partial charge in [0.1, 0.15) is 6.04 Å². The predicted octanol–water partition coefficient (Wildman–Crippen LogP) is 0.490. The van der Waals surface area contributed by atoms with Gasteiger partial charge in [-0.05, 0) is 6.42 Å². The summed E-state index contributed by atoms with van der Waals surface area (Å²) in [5.74, 6) is -0.274. The van der Waals surface area contributed by atoms with Gasteiger partial charge in [0.15, 0.2) is 0 Å². The van der Waals surface area contributed by atoms with Crippen molar-refractivity contribution in [3.63, 3.8) is 0 Å². The summed E-state index contributed by atoms with van der Waals surface area (Å²) in [6.07, 6.45) is 2.51. The van der Waals surface area contributed by atoms with E-state index in [9.17, 15) is 9.59 Å². The number of carbonyl (C=O) groups is 2. The minimum absolute atomic E-state index is 0.231. The van der Waals surface area contributed by atoms with Crippen LogP contribution in [0.4, 0.5) is 0 Å². The van der Waals surface area contributed by atoms with Gasteiger partial charge in [-0.1, -0.05) is 19.8 Å². The fraction of sp³-hybridized carbons (Fsp3) is 0.800. The lowest BCUT2D eigenvalue weighted by Crippen LogP contribution is -2.49. The summed E-state index contributed by atoms with van der Waals surface area (Å²) in [7, 11) is 0. The molecule has 0 aromatic heterocycles. The van der Waals surface area contributed by atoms with E-state index in [4.69, 9.17) is 10.8 Å². The molecule has 1 unspecified atom stereocenters. The molecule has 1 fully saturated rings. The third-order valence-electron chi connectivity index (χ3n) is 2.64. The molecule has 0 saturated carbocycles. The van der Waals surface area contributed by atoms with E-state index in [1.165, 1.54) is 16.7 Å². The average Bonchev–Trinajstić information content (AvgIpc) is 2.73. The molecule has 92 valence electrons. The van der Waals surface area contributed by atoms with Crippen molar-refractivity contribution in [3.05, 3.63) is 0 Å². The lowest BCUT2D eigenvalue weighted by atomic mass is 10.1. The van der Waals surface area contributed by atoms with Crippen LogP contribution in [0.3, 0.4) is 0 Å². The van der Waals surface area contributed by atoms with E-state index in [1.54, 1.807) is 0 Å². The second-order valence-corrected chi connectivity index (χ2v) is 4.91. The number of thioether (sulfide) groups is 1. The highest BCUT2D eigenvalue weighted by Gasteiger charge is 2.36. The Labute approximate surface area is 99.4 Å². The zero-order valence-corrected chi connectivity index (χ0v) is 10.2. The number of aliphatic carboxylic acids is 1. The van der Waals surface area contributed by atoms with Gasteiger partial charge in [-0.3, -0.25) is 4.79 Å². The molecule has 1 aliphatic rings. The number of hydrogen-bond acceptors (Lipinski definition) is 4. The van der Waals surface area contributed by atoms with Crippen LogP contribution in [0.5, 0.6) is 0 Å². The van der Waals surface area contributed by atoms with Crippen LogP contribution >= 0.6 is 11.8 Å². The quantitative estimate of drug-likeness (QED) is 0.737. The molecule has 1 rings (SSSR count). The molecule has 0 radical (unpaired) electrons. The van der Waals surface area contributed by atoms with Crippen LogP contribution < -0.4 is 5.73 Å². The maximum atomic E-state index is 11.9. The van der Waals surface area contributed by atoms with Gasteiger partial charge in [0.05, 0.1) is 11.9 Å². The number of unbranched alkanes of at least 4 members (excludes halogenated alkanes) is 1. The van der Waals surface area contributed by atoms with Gasteiger partial charge >= 0.3 is 5.97 Å². The minimum atomic E-state index is -0.943. The largest absolute Gasteiger partial charge is 0.480 e. The molecule has 3 N–H and O–H groups in total. The van der Waals surface area contributed by atoms with Crippen molar-refractivity contribution in [3.8, 4) is 0 Å². The third-order valence-corrected chi connectivity index (χ3v) is 3.65. The van der Waals surface area contributed by atoms with E-state index < -0.39 is 18.1 Å². The van der Waals surface area contributed by atoms with Crippen LogP contribution in [0.1, 0.15) is 26.2 Å². The Hall–Kier alpha value is -0.750. The maximum Gasteiger partial charge on any atom is 0.327 e. The number of carboxylic acids is 1. The number of carbonyl (C=O) groups excluding carboxylic acids is 1. The lowest BCUT2D eigenvalue weighted by Gasteiger charge is -2.23. The second-order valence-electron chi connectivity index (χ2n) is 3.91. The van der Waals surface area contributed by atoms with Crippen molar-refractivity contribution in [1.82, 2.24) is 4.90 Å². The van der Waals surface area contributed by atoms with Crippen LogP contribution in [0.25, 0.3) is 0 Å². The number of amides is 1. The molecule has 0 bridgehead atoms. The molecular formula is C10H18N2O3S. The summed E-state index contributed by atoms with van der Waals surface area (Å²) in [5, 5.41) is 8.94. The molecular weight excluding hydrogens is 228 g/mol. The van der Waals surface area contributed by atoms with Crippen molar-refractivity contribution in [2.75, 3.05) is 11.6 Å².